The van der Waals surface area contributed by atoms with Gasteiger partial charge in [0.2, 0.25) is 0 Å². The molecule has 0 spiro atoms. The summed E-state index contributed by atoms with van der Waals surface area (Å²) in [6.07, 6.45) is 5.36. The largest absolute Gasteiger partial charge is 0.494 e. The minimum atomic E-state index is 0.463. The van der Waals surface area contributed by atoms with Crippen molar-refractivity contribution in [3.63, 3.8) is 0 Å². The molecule has 2 aromatic carbocycles. The molecule has 2 aromatic rings. The predicted octanol–water partition coefficient (Wildman–Crippen LogP) is 5.38. The lowest BCUT2D eigenvalue weighted by Gasteiger charge is -2.07. The average molecular weight is 293 g/mol. The van der Waals surface area contributed by atoms with Gasteiger partial charge in [-0.1, -0.05) is 62.6 Å². The minimum absolute atomic E-state index is 0.463. The van der Waals surface area contributed by atoms with Crippen LogP contribution < -0.4 is 4.74 Å². The van der Waals surface area contributed by atoms with Crippen molar-refractivity contribution in [1.29, 1.82) is 5.26 Å². The highest BCUT2D eigenvalue weighted by atomic mass is 16.5. The fraction of sp³-hybridized carbons (Fsp3) is 0.350. The molecule has 114 valence electrons. The maximum absolute atomic E-state index is 8.69. The molecule has 0 aliphatic heterocycles. The molecule has 0 bridgehead atoms. The molecule has 0 heterocycles. The Morgan fingerprint density at radius 2 is 1.50 bits per heavy atom. The third kappa shape index (κ3) is 4.93. The summed E-state index contributed by atoms with van der Waals surface area (Å²) in [4.78, 5) is 0. The van der Waals surface area contributed by atoms with E-state index in [1.165, 1.54) is 24.8 Å². The van der Waals surface area contributed by atoms with Gasteiger partial charge in [0.15, 0.2) is 0 Å². The Kier molecular flexibility index (Phi) is 6.51. The van der Waals surface area contributed by atoms with Gasteiger partial charge in [0.1, 0.15) is 5.75 Å². The Bertz CT molecular complexity index is 593. The van der Waals surface area contributed by atoms with Crippen molar-refractivity contribution >= 4 is 0 Å². The molecule has 0 radical (unpaired) electrons. The van der Waals surface area contributed by atoms with Crippen LogP contribution in [0, 0.1) is 11.3 Å². The summed E-state index contributed by atoms with van der Waals surface area (Å²) in [7, 11) is 0. The van der Waals surface area contributed by atoms with E-state index in [4.69, 9.17) is 10.00 Å². The Balaban J connectivity index is 1.89. The molecule has 0 unspecified atom stereocenters. The molecule has 0 amide bonds. The van der Waals surface area contributed by atoms with Crippen LogP contribution in [-0.4, -0.2) is 6.61 Å². The lowest BCUT2D eigenvalue weighted by molar-refractivity contribution is 0.305. The number of nitrogens with zero attached hydrogens (tertiary/aromatic N) is 1. The first kappa shape index (κ1) is 16.1. The van der Waals surface area contributed by atoms with E-state index in [9.17, 15) is 0 Å². The number of unbranched alkanes of at least 4 members (excludes halogenated alkanes) is 3. The molecule has 2 rings (SSSR count). The van der Waals surface area contributed by atoms with Crippen LogP contribution >= 0.6 is 0 Å². The van der Waals surface area contributed by atoms with Gasteiger partial charge in [-0.15, -0.1) is 0 Å². The molecule has 22 heavy (non-hydrogen) atoms. The van der Waals surface area contributed by atoms with Gasteiger partial charge < -0.3 is 4.74 Å². The zero-order valence-electron chi connectivity index (χ0n) is 13.2. The first-order valence-electron chi connectivity index (χ1n) is 8.02. The van der Waals surface area contributed by atoms with E-state index >= 15 is 0 Å². The second-order valence-electron chi connectivity index (χ2n) is 5.47. The molecular formula is C20H23NO. The van der Waals surface area contributed by atoms with Crippen molar-refractivity contribution in [1.82, 2.24) is 0 Å². The third-order valence-electron chi connectivity index (χ3n) is 3.69. The van der Waals surface area contributed by atoms with E-state index in [-0.39, 0.29) is 0 Å². The summed E-state index contributed by atoms with van der Waals surface area (Å²) >= 11 is 0. The molecule has 0 saturated carbocycles. The second kappa shape index (κ2) is 8.89. The Morgan fingerprint density at radius 1 is 0.864 bits per heavy atom. The molecule has 0 atom stereocenters. The number of hydrogen-bond donors (Lipinski definition) is 0. The molecule has 0 aromatic heterocycles. The van der Waals surface area contributed by atoms with Gasteiger partial charge in [-0.05, 0) is 35.2 Å². The Labute approximate surface area is 133 Å². The van der Waals surface area contributed by atoms with Gasteiger partial charge in [0.05, 0.1) is 19.1 Å². The SMILES string of the molecule is CCCCCCOc1ccc(-c2ccc(CC#N)cc2)cc1. The summed E-state index contributed by atoms with van der Waals surface area (Å²) < 4.78 is 5.76. The molecule has 0 aliphatic rings. The van der Waals surface area contributed by atoms with Crippen LogP contribution in [0.3, 0.4) is 0 Å². The maximum Gasteiger partial charge on any atom is 0.119 e. The van der Waals surface area contributed by atoms with Crippen LogP contribution in [0.4, 0.5) is 0 Å². The minimum Gasteiger partial charge on any atom is -0.494 e. The van der Waals surface area contributed by atoms with Crippen molar-refractivity contribution in [3.8, 4) is 22.9 Å². The van der Waals surface area contributed by atoms with Crippen LogP contribution in [0.5, 0.6) is 5.75 Å². The van der Waals surface area contributed by atoms with Gasteiger partial charge in [0.25, 0.3) is 0 Å². The molecule has 0 saturated heterocycles. The van der Waals surface area contributed by atoms with Gasteiger partial charge in [0, 0.05) is 0 Å². The van der Waals surface area contributed by atoms with E-state index in [1.54, 1.807) is 0 Å². The molecule has 0 N–H and O–H groups in total. The van der Waals surface area contributed by atoms with Crippen molar-refractivity contribution in [2.24, 2.45) is 0 Å². The van der Waals surface area contributed by atoms with Crippen molar-refractivity contribution in [3.05, 3.63) is 54.1 Å². The number of nitriles is 1. The first-order chi connectivity index (χ1) is 10.8. The normalized spacial score (nSPS) is 10.2. The summed E-state index contributed by atoms with van der Waals surface area (Å²) in [6.45, 7) is 3.01. The van der Waals surface area contributed by atoms with E-state index in [0.29, 0.717) is 6.42 Å². The summed E-state index contributed by atoms with van der Waals surface area (Å²) in [5, 5.41) is 8.69. The fourth-order valence-corrected chi connectivity index (χ4v) is 2.37. The van der Waals surface area contributed by atoms with Crippen LogP contribution in [0.2, 0.25) is 0 Å². The van der Waals surface area contributed by atoms with Gasteiger partial charge >= 0.3 is 0 Å². The Morgan fingerprint density at radius 3 is 2.09 bits per heavy atom. The summed E-state index contributed by atoms with van der Waals surface area (Å²) in [5.41, 5.74) is 3.39. The van der Waals surface area contributed by atoms with E-state index in [2.05, 4.69) is 37.3 Å². The van der Waals surface area contributed by atoms with Gasteiger partial charge in [-0.2, -0.15) is 5.26 Å². The smallest absolute Gasteiger partial charge is 0.119 e. The molecule has 2 heteroatoms. The molecular weight excluding hydrogens is 270 g/mol. The topological polar surface area (TPSA) is 33.0 Å². The number of benzene rings is 2. The number of hydrogen-bond acceptors (Lipinski definition) is 2. The number of rotatable bonds is 8. The first-order valence-corrected chi connectivity index (χ1v) is 8.02. The molecule has 2 nitrogen and oxygen atoms in total. The highest BCUT2D eigenvalue weighted by molar-refractivity contribution is 5.64. The molecule has 0 fully saturated rings. The highest BCUT2D eigenvalue weighted by Crippen LogP contribution is 2.23. The lowest BCUT2D eigenvalue weighted by Crippen LogP contribution is -1.96. The highest BCUT2D eigenvalue weighted by Gasteiger charge is 2.00. The maximum atomic E-state index is 8.69. The van der Waals surface area contributed by atoms with E-state index in [0.717, 1.165) is 29.9 Å². The summed E-state index contributed by atoms with van der Waals surface area (Å²) in [5.74, 6) is 0.932. The predicted molar refractivity (Wildman–Crippen MR) is 90.8 cm³/mol. The zero-order valence-corrected chi connectivity index (χ0v) is 13.2. The second-order valence-corrected chi connectivity index (χ2v) is 5.47. The Hall–Kier alpha value is -2.27. The average Bonchev–Trinajstić information content (AvgIpc) is 2.56. The van der Waals surface area contributed by atoms with Gasteiger partial charge in [-0.25, -0.2) is 0 Å². The molecule has 0 aliphatic carbocycles. The fourth-order valence-electron chi connectivity index (χ4n) is 2.37. The van der Waals surface area contributed by atoms with Gasteiger partial charge in [-0.3, -0.25) is 0 Å². The number of ether oxygens (including phenoxy) is 1. The van der Waals surface area contributed by atoms with Crippen LogP contribution in [0.1, 0.15) is 38.2 Å². The van der Waals surface area contributed by atoms with E-state index in [1.807, 2.05) is 24.3 Å². The third-order valence-corrected chi connectivity index (χ3v) is 3.69. The van der Waals surface area contributed by atoms with Crippen LogP contribution in [0.15, 0.2) is 48.5 Å². The van der Waals surface area contributed by atoms with Crippen LogP contribution in [-0.2, 0) is 6.42 Å². The zero-order chi connectivity index (χ0) is 15.6. The van der Waals surface area contributed by atoms with Crippen molar-refractivity contribution in [2.45, 2.75) is 39.0 Å². The van der Waals surface area contributed by atoms with Crippen molar-refractivity contribution in [2.75, 3.05) is 6.61 Å². The van der Waals surface area contributed by atoms with E-state index < -0.39 is 0 Å². The standard InChI is InChI=1S/C20H23NO/c1-2-3-4-5-16-22-20-12-10-19(11-13-20)18-8-6-17(7-9-18)14-15-21/h6-13H,2-5,14,16H2,1H3. The van der Waals surface area contributed by atoms with Crippen LogP contribution in [0.25, 0.3) is 11.1 Å². The van der Waals surface area contributed by atoms with Crippen molar-refractivity contribution < 1.29 is 4.74 Å². The quantitative estimate of drug-likeness (QED) is 0.612. The lowest BCUT2D eigenvalue weighted by atomic mass is 10.0. The monoisotopic (exact) mass is 293 g/mol. The summed E-state index contributed by atoms with van der Waals surface area (Å²) in [6, 6.07) is 18.5.